The number of ketones is 1. The molecule has 1 atom stereocenters. The zero-order valence-corrected chi connectivity index (χ0v) is 19.4. The fraction of sp³-hybridized carbons (Fsp3) is 0.0385. The van der Waals surface area contributed by atoms with Gasteiger partial charge in [0, 0.05) is 10.4 Å². The monoisotopic (exact) mass is 502 g/mol. The third-order valence-corrected chi connectivity index (χ3v) is 7.09. The lowest BCUT2D eigenvalue weighted by Gasteiger charge is -2.24. The van der Waals surface area contributed by atoms with Crippen LogP contribution in [0.4, 0.5) is 5.13 Å². The molecule has 0 bridgehead atoms. The summed E-state index contributed by atoms with van der Waals surface area (Å²) in [4.78, 5) is 32.8. The highest BCUT2D eigenvalue weighted by Crippen LogP contribution is 2.45. The standard InChI is InChI=1S/C26H15ClN2O5S/c27-15-8-9-17-20(12-15)35-26(28-17)29-22(14-5-3-6-16(30)10-14)21(24(32)25(29)33)23(31)19-11-13-4-1-2-7-18(13)34-19/h1-12,22,30,32H. The van der Waals surface area contributed by atoms with Gasteiger partial charge in [-0.15, -0.1) is 0 Å². The first-order valence-electron chi connectivity index (χ1n) is 10.6. The third-order valence-electron chi connectivity index (χ3n) is 5.83. The quantitative estimate of drug-likeness (QED) is 0.284. The Balaban J connectivity index is 1.52. The number of carbonyl (C=O) groups is 2. The minimum atomic E-state index is -1.04. The highest BCUT2D eigenvalue weighted by molar-refractivity contribution is 7.22. The summed E-state index contributed by atoms with van der Waals surface area (Å²) >= 11 is 7.32. The molecule has 0 saturated heterocycles. The average molecular weight is 503 g/mol. The Bertz CT molecular complexity index is 1670. The van der Waals surface area contributed by atoms with Crippen molar-refractivity contribution in [3.05, 3.63) is 100 Å². The molecule has 6 rings (SSSR count). The number of aromatic nitrogens is 1. The number of aromatic hydroxyl groups is 1. The molecule has 0 aliphatic carbocycles. The molecule has 3 heterocycles. The molecule has 2 aromatic heterocycles. The number of aliphatic hydroxyl groups excluding tert-OH is 1. The van der Waals surface area contributed by atoms with Crippen LogP contribution in [-0.4, -0.2) is 26.9 Å². The first-order valence-corrected chi connectivity index (χ1v) is 11.7. The molecule has 1 aliphatic rings. The van der Waals surface area contributed by atoms with Crippen LogP contribution in [0.25, 0.3) is 21.2 Å². The van der Waals surface area contributed by atoms with E-state index in [1.165, 1.54) is 28.4 Å². The van der Waals surface area contributed by atoms with E-state index < -0.39 is 23.5 Å². The Morgan fingerprint density at radius 2 is 1.86 bits per heavy atom. The molecule has 2 N–H and O–H groups in total. The molecule has 0 radical (unpaired) electrons. The van der Waals surface area contributed by atoms with E-state index in [1.807, 2.05) is 6.07 Å². The second kappa shape index (κ2) is 7.97. The van der Waals surface area contributed by atoms with Gasteiger partial charge >= 0.3 is 0 Å². The molecule has 1 aliphatic heterocycles. The second-order valence-corrected chi connectivity index (χ2v) is 9.47. The van der Waals surface area contributed by atoms with Gasteiger partial charge < -0.3 is 14.6 Å². The number of hydrogen-bond acceptors (Lipinski definition) is 7. The van der Waals surface area contributed by atoms with Crippen LogP contribution < -0.4 is 4.90 Å². The summed E-state index contributed by atoms with van der Waals surface area (Å²) < 4.78 is 6.48. The van der Waals surface area contributed by atoms with Gasteiger partial charge in [-0.25, -0.2) is 4.98 Å². The highest BCUT2D eigenvalue weighted by Gasteiger charge is 2.46. The fourth-order valence-corrected chi connectivity index (χ4v) is 5.53. The molecule has 3 aromatic carbocycles. The second-order valence-electron chi connectivity index (χ2n) is 8.02. The molecule has 5 aromatic rings. The summed E-state index contributed by atoms with van der Waals surface area (Å²) in [6.45, 7) is 0. The van der Waals surface area contributed by atoms with Crippen LogP contribution in [0.2, 0.25) is 5.02 Å². The van der Waals surface area contributed by atoms with Crippen molar-refractivity contribution in [2.24, 2.45) is 0 Å². The van der Waals surface area contributed by atoms with Crippen molar-refractivity contribution < 1.29 is 24.2 Å². The number of aliphatic hydroxyl groups is 1. The molecule has 1 amide bonds. The molecule has 0 spiro atoms. The molecule has 9 heteroatoms. The normalized spacial score (nSPS) is 16.1. The molecule has 0 saturated carbocycles. The van der Waals surface area contributed by atoms with Gasteiger partial charge in [0.25, 0.3) is 5.91 Å². The smallest absolute Gasteiger partial charge is 0.296 e. The van der Waals surface area contributed by atoms with Gasteiger partial charge in [0.2, 0.25) is 5.78 Å². The van der Waals surface area contributed by atoms with Crippen molar-refractivity contribution in [1.29, 1.82) is 0 Å². The maximum Gasteiger partial charge on any atom is 0.296 e. The van der Waals surface area contributed by atoms with Crippen LogP contribution >= 0.6 is 22.9 Å². The summed E-state index contributed by atoms with van der Waals surface area (Å²) in [6.07, 6.45) is 0. The van der Waals surface area contributed by atoms with Crippen molar-refractivity contribution in [2.45, 2.75) is 6.04 Å². The van der Waals surface area contributed by atoms with Gasteiger partial charge in [-0.05, 0) is 48.0 Å². The number of benzene rings is 3. The van der Waals surface area contributed by atoms with E-state index in [2.05, 4.69) is 4.98 Å². The lowest BCUT2D eigenvalue weighted by molar-refractivity contribution is -0.117. The number of hydrogen-bond donors (Lipinski definition) is 2. The zero-order valence-electron chi connectivity index (χ0n) is 17.8. The SMILES string of the molecule is O=C(C1=C(O)C(=O)N(c2nc3ccc(Cl)cc3s2)C1c1cccc(O)c1)c1cc2ccccc2o1. The Labute approximate surface area is 207 Å². The average Bonchev–Trinajstić information content (AvgIpc) is 3.52. The van der Waals surface area contributed by atoms with Crippen molar-refractivity contribution in [2.75, 3.05) is 4.90 Å². The lowest BCUT2D eigenvalue weighted by Crippen LogP contribution is -2.30. The van der Waals surface area contributed by atoms with Crippen molar-refractivity contribution in [3.63, 3.8) is 0 Å². The van der Waals surface area contributed by atoms with E-state index >= 15 is 0 Å². The maximum atomic E-state index is 13.6. The van der Waals surface area contributed by atoms with Crippen LogP contribution in [0.5, 0.6) is 5.75 Å². The number of rotatable bonds is 4. The minimum absolute atomic E-state index is 0.0105. The number of furan rings is 1. The van der Waals surface area contributed by atoms with Gasteiger partial charge in [0.1, 0.15) is 11.3 Å². The van der Waals surface area contributed by atoms with E-state index in [0.717, 1.165) is 4.70 Å². The predicted octanol–water partition coefficient (Wildman–Crippen LogP) is 6.18. The largest absolute Gasteiger partial charge is 0.508 e. The number of halogens is 1. The Kier molecular flexibility index (Phi) is 4.87. The number of carbonyl (C=O) groups excluding carboxylic acids is 2. The van der Waals surface area contributed by atoms with Crippen LogP contribution in [0.1, 0.15) is 22.2 Å². The number of thiazole rings is 1. The Hall–Kier alpha value is -4.14. The van der Waals surface area contributed by atoms with E-state index in [0.29, 0.717) is 27.1 Å². The highest BCUT2D eigenvalue weighted by atomic mass is 35.5. The van der Waals surface area contributed by atoms with Crippen LogP contribution in [0.15, 0.2) is 88.5 Å². The molecule has 0 fully saturated rings. The third kappa shape index (κ3) is 3.46. The summed E-state index contributed by atoms with van der Waals surface area (Å²) in [6, 6.07) is 19.0. The minimum Gasteiger partial charge on any atom is -0.508 e. The summed E-state index contributed by atoms with van der Waals surface area (Å²) in [7, 11) is 0. The van der Waals surface area contributed by atoms with Crippen LogP contribution in [-0.2, 0) is 4.79 Å². The summed E-state index contributed by atoms with van der Waals surface area (Å²) in [5.74, 6) is -2.16. The summed E-state index contributed by atoms with van der Waals surface area (Å²) in [5, 5.41) is 22.6. The fourth-order valence-electron chi connectivity index (χ4n) is 4.26. The number of amides is 1. The van der Waals surface area contributed by atoms with Gasteiger partial charge in [-0.2, -0.15) is 0 Å². The maximum absolute atomic E-state index is 13.6. The zero-order chi connectivity index (χ0) is 24.3. The van der Waals surface area contributed by atoms with E-state index in [-0.39, 0.29) is 22.2 Å². The molecule has 1 unspecified atom stereocenters. The van der Waals surface area contributed by atoms with Gasteiger partial charge in [0.15, 0.2) is 16.7 Å². The number of phenols is 1. The molecule has 35 heavy (non-hydrogen) atoms. The summed E-state index contributed by atoms with van der Waals surface area (Å²) in [5.41, 5.74) is 1.40. The van der Waals surface area contributed by atoms with E-state index in [9.17, 15) is 19.8 Å². The topological polar surface area (TPSA) is 104 Å². The lowest BCUT2D eigenvalue weighted by atomic mass is 9.95. The van der Waals surface area contributed by atoms with Crippen LogP contribution in [0, 0.1) is 0 Å². The molecular weight excluding hydrogens is 488 g/mol. The van der Waals surface area contributed by atoms with E-state index in [1.54, 1.807) is 54.6 Å². The molecular formula is C26H15ClN2O5S. The number of para-hydroxylation sites is 1. The first kappa shape index (κ1) is 21.4. The number of Topliss-reactive ketones (excluding diaryl/α,β-unsaturated/α-hetero) is 1. The van der Waals surface area contributed by atoms with Gasteiger partial charge in [-0.1, -0.05) is 53.3 Å². The first-order chi connectivity index (χ1) is 16.9. The Morgan fingerprint density at radius 3 is 2.66 bits per heavy atom. The number of nitrogens with zero attached hydrogens (tertiary/aromatic N) is 2. The molecule has 7 nitrogen and oxygen atoms in total. The number of fused-ring (bicyclic) bond motifs is 2. The van der Waals surface area contributed by atoms with Crippen LogP contribution in [0.3, 0.4) is 0 Å². The van der Waals surface area contributed by atoms with Gasteiger partial charge in [0.05, 0.1) is 21.8 Å². The number of anilines is 1. The van der Waals surface area contributed by atoms with Crippen molar-refractivity contribution >= 4 is 60.9 Å². The van der Waals surface area contributed by atoms with Gasteiger partial charge in [-0.3, -0.25) is 14.5 Å². The van der Waals surface area contributed by atoms with E-state index in [4.69, 9.17) is 16.0 Å². The number of phenolic OH excluding ortho intramolecular Hbond substituents is 1. The Morgan fingerprint density at radius 1 is 1.03 bits per heavy atom. The predicted molar refractivity (Wildman–Crippen MR) is 133 cm³/mol. The van der Waals surface area contributed by atoms with Crippen molar-refractivity contribution in [3.8, 4) is 5.75 Å². The molecule has 172 valence electrons. The van der Waals surface area contributed by atoms with Crippen molar-refractivity contribution in [1.82, 2.24) is 4.98 Å².